The van der Waals surface area contributed by atoms with Crippen LogP contribution in [0.3, 0.4) is 0 Å². The lowest BCUT2D eigenvalue weighted by Gasteiger charge is -2.30. The second-order valence-electron chi connectivity index (χ2n) is 12.1. The highest BCUT2D eigenvalue weighted by Crippen LogP contribution is 2.61. The van der Waals surface area contributed by atoms with Crippen molar-refractivity contribution in [2.24, 2.45) is 5.41 Å². The third-order valence-corrected chi connectivity index (χ3v) is 11.5. The number of allylic oxidation sites excluding steroid dienone is 2. The van der Waals surface area contributed by atoms with Gasteiger partial charge in [0.1, 0.15) is 36.3 Å². The smallest absolute Gasteiger partial charge is 0.386 e. The van der Waals surface area contributed by atoms with Gasteiger partial charge in [0, 0.05) is 30.7 Å². The van der Waals surface area contributed by atoms with Gasteiger partial charge >= 0.3 is 23.5 Å². The molecule has 10 N–H and O–H groups in total. The topological polar surface area (TPSA) is 347 Å². The number of phosphoric ester groups is 3. The van der Waals surface area contributed by atoms with Crippen molar-refractivity contribution in [3.05, 3.63) is 23.6 Å². The Morgan fingerprint density at radius 1 is 1.11 bits per heavy atom. The van der Waals surface area contributed by atoms with Crippen LogP contribution >= 0.6 is 35.2 Å². The molecule has 0 bridgehead atoms. The molecule has 0 spiro atoms. The minimum absolute atomic E-state index is 0.0351. The van der Waals surface area contributed by atoms with Gasteiger partial charge in [-0.05, 0) is 18.2 Å². The normalized spacial score (nSPS) is 22.6. The molecule has 3 heterocycles. The number of aliphatic hydroxyl groups excluding tert-OH is 2. The Hall–Kier alpha value is -2.37. The summed E-state index contributed by atoms with van der Waals surface area (Å²) in [6.45, 7) is 4.84. The average molecular weight is 836 g/mol. The van der Waals surface area contributed by atoms with Gasteiger partial charge in [0.15, 0.2) is 17.7 Å². The summed E-state index contributed by atoms with van der Waals surface area (Å²) < 4.78 is 62.1. The molecule has 53 heavy (non-hydrogen) atoms. The van der Waals surface area contributed by atoms with Crippen molar-refractivity contribution >= 4 is 64.0 Å². The molecule has 2 aromatic rings. The van der Waals surface area contributed by atoms with Gasteiger partial charge in [-0.3, -0.25) is 27.7 Å². The fourth-order valence-corrected chi connectivity index (χ4v) is 8.33. The van der Waals surface area contributed by atoms with Gasteiger partial charge < -0.3 is 50.9 Å². The van der Waals surface area contributed by atoms with Crippen LogP contribution in [-0.2, 0) is 45.9 Å². The molecule has 1 saturated heterocycles. The molecule has 300 valence electrons. The first-order chi connectivity index (χ1) is 24.6. The molecular formula is C26H44N7O16P3S. The molecule has 27 heteroatoms. The summed E-state index contributed by atoms with van der Waals surface area (Å²) in [6, 6.07) is 0. The van der Waals surface area contributed by atoms with Crippen LogP contribution in [0.4, 0.5) is 5.82 Å². The zero-order chi connectivity index (χ0) is 39.8. The summed E-state index contributed by atoms with van der Waals surface area (Å²) in [7, 11) is -16.3. The minimum Gasteiger partial charge on any atom is -0.386 e. The maximum Gasteiger partial charge on any atom is 0.481 e. The fourth-order valence-electron chi connectivity index (χ4n) is 4.69. The first-order valence-electron chi connectivity index (χ1n) is 15.7. The molecule has 1 aliphatic rings. The van der Waals surface area contributed by atoms with E-state index in [0.717, 1.165) is 28.5 Å². The summed E-state index contributed by atoms with van der Waals surface area (Å²) in [5.74, 6) is -0.639. The van der Waals surface area contributed by atoms with E-state index in [1.54, 1.807) is 11.8 Å². The van der Waals surface area contributed by atoms with E-state index in [9.17, 15) is 53.1 Å². The van der Waals surface area contributed by atoms with Gasteiger partial charge in [0.2, 0.25) is 11.8 Å². The SMILES string of the molecule is CC/C=C(/C)SCCNC(=O)CCNC(=O)C(O)C(C)(C)COP(=O)(O)OP(=O)(O)OC[C@H]1O[C@@H](n2cnc3c(N)ncnc32)[C@H](O)[C@@H]1OP(=O)(O)O. The van der Waals surface area contributed by atoms with Crippen LogP contribution in [0.5, 0.6) is 0 Å². The number of hydrogen-bond acceptors (Lipinski definition) is 17. The lowest BCUT2D eigenvalue weighted by Crippen LogP contribution is -2.46. The molecular weight excluding hydrogens is 791 g/mol. The van der Waals surface area contributed by atoms with E-state index in [2.05, 4.69) is 40.5 Å². The number of hydrogen-bond donors (Lipinski definition) is 9. The summed E-state index contributed by atoms with van der Waals surface area (Å²) in [4.78, 5) is 76.6. The van der Waals surface area contributed by atoms with Crippen molar-refractivity contribution in [1.29, 1.82) is 0 Å². The Morgan fingerprint density at radius 3 is 2.45 bits per heavy atom. The van der Waals surface area contributed by atoms with E-state index in [4.69, 9.17) is 19.5 Å². The molecule has 0 radical (unpaired) electrons. The number of fused-ring (bicyclic) bond motifs is 1. The molecule has 0 aromatic carbocycles. The van der Waals surface area contributed by atoms with Crippen LogP contribution < -0.4 is 16.4 Å². The Labute approximate surface area is 307 Å². The lowest BCUT2D eigenvalue weighted by atomic mass is 9.87. The van der Waals surface area contributed by atoms with Crippen LogP contribution in [0, 0.1) is 5.41 Å². The van der Waals surface area contributed by atoms with Crippen molar-refractivity contribution in [2.75, 3.05) is 37.8 Å². The van der Waals surface area contributed by atoms with Crippen LogP contribution in [0.2, 0.25) is 0 Å². The van der Waals surface area contributed by atoms with Crippen LogP contribution in [-0.4, -0.2) is 118 Å². The third kappa shape index (κ3) is 13.7. The number of carbonyl (C=O) groups is 2. The Balaban J connectivity index is 1.52. The van der Waals surface area contributed by atoms with Gasteiger partial charge in [0.25, 0.3) is 0 Å². The number of carbonyl (C=O) groups excluding carboxylic acids is 2. The van der Waals surface area contributed by atoms with Gasteiger partial charge in [0.05, 0.1) is 19.5 Å². The number of amides is 2. The van der Waals surface area contributed by atoms with Crippen LogP contribution in [0.25, 0.3) is 11.2 Å². The molecule has 0 saturated carbocycles. The first kappa shape index (κ1) is 45.0. The number of nitrogen functional groups attached to an aromatic ring is 1. The largest absolute Gasteiger partial charge is 0.481 e. The van der Waals surface area contributed by atoms with Crippen molar-refractivity contribution in [3.8, 4) is 0 Å². The molecule has 3 rings (SSSR count). The van der Waals surface area contributed by atoms with E-state index < -0.39 is 78.6 Å². The highest BCUT2D eigenvalue weighted by atomic mass is 32.2. The number of ether oxygens (including phenoxy) is 1. The lowest BCUT2D eigenvalue weighted by molar-refractivity contribution is -0.137. The molecule has 3 unspecified atom stereocenters. The quantitative estimate of drug-likeness (QED) is 0.0609. The number of thioether (sulfide) groups is 1. The number of nitrogens with two attached hydrogens (primary N) is 1. The van der Waals surface area contributed by atoms with Crippen molar-refractivity contribution in [1.82, 2.24) is 30.2 Å². The Bertz CT molecular complexity index is 1760. The summed E-state index contributed by atoms with van der Waals surface area (Å²) in [6.07, 6.45) is -3.76. The summed E-state index contributed by atoms with van der Waals surface area (Å²) in [5.41, 5.74) is 4.31. The highest BCUT2D eigenvalue weighted by molar-refractivity contribution is 8.03. The molecule has 23 nitrogen and oxygen atoms in total. The number of rotatable bonds is 21. The van der Waals surface area contributed by atoms with E-state index in [1.165, 1.54) is 13.8 Å². The third-order valence-electron chi connectivity index (χ3n) is 7.32. The zero-order valence-electron chi connectivity index (χ0n) is 29.0. The number of nitrogens with zero attached hydrogens (tertiary/aromatic N) is 4. The van der Waals surface area contributed by atoms with Gasteiger partial charge in [-0.25, -0.2) is 28.6 Å². The van der Waals surface area contributed by atoms with Crippen molar-refractivity contribution in [2.45, 2.75) is 71.2 Å². The van der Waals surface area contributed by atoms with Gasteiger partial charge in [-0.1, -0.05) is 26.8 Å². The first-order valence-corrected chi connectivity index (χ1v) is 21.2. The number of anilines is 1. The number of phosphoric acid groups is 3. The number of aromatic nitrogens is 4. The maximum atomic E-state index is 12.7. The second kappa shape index (κ2) is 19.0. The van der Waals surface area contributed by atoms with Crippen LogP contribution in [0.15, 0.2) is 23.6 Å². The predicted octanol–water partition coefficient (Wildman–Crippen LogP) is 0.452. The van der Waals surface area contributed by atoms with Crippen LogP contribution in [0.1, 0.15) is 46.8 Å². The van der Waals surface area contributed by atoms with E-state index in [-0.39, 0.29) is 35.9 Å². The Kier molecular flexibility index (Phi) is 16.1. The van der Waals surface area contributed by atoms with E-state index >= 15 is 0 Å². The standard InChI is InChI=1S/C26H44N7O16P3S/c1-5-6-15(2)53-10-9-28-17(34)7-8-29-24(37)21(36)26(3,4)12-46-52(43,44)49-51(41,42)45-11-16-20(48-50(38,39)40)19(35)25(47-16)33-14-32-18-22(27)30-13-31-23(18)33/h6,13-14,16,19-21,25,35-36H,5,7-12H2,1-4H3,(H,28,34)(H,29,37)(H,41,42)(H,43,44)(H2,27,30,31)(H2,38,39,40)/b15-6-/t16-,19-,20-,21?,25-/m1/s1. The molecule has 7 atom stereocenters. The monoisotopic (exact) mass is 835 g/mol. The molecule has 2 amide bonds. The Morgan fingerprint density at radius 2 is 1.79 bits per heavy atom. The zero-order valence-corrected chi connectivity index (χ0v) is 32.5. The maximum absolute atomic E-state index is 12.7. The number of imidazole rings is 1. The average Bonchev–Trinajstić information content (AvgIpc) is 3.61. The van der Waals surface area contributed by atoms with Crippen molar-refractivity contribution in [3.63, 3.8) is 0 Å². The van der Waals surface area contributed by atoms with E-state index in [1.807, 2.05) is 13.8 Å². The minimum atomic E-state index is -5.55. The number of aliphatic hydroxyl groups is 2. The number of nitrogens with one attached hydrogen (secondary N) is 2. The van der Waals surface area contributed by atoms with Gasteiger partial charge in [-0.2, -0.15) is 4.31 Å². The second-order valence-corrected chi connectivity index (χ2v) is 17.7. The van der Waals surface area contributed by atoms with E-state index in [0.29, 0.717) is 12.3 Å². The highest BCUT2D eigenvalue weighted by Gasteiger charge is 2.50. The molecule has 1 fully saturated rings. The fraction of sp³-hybridized carbons (Fsp3) is 0.654. The predicted molar refractivity (Wildman–Crippen MR) is 186 cm³/mol. The molecule has 2 aromatic heterocycles. The van der Waals surface area contributed by atoms with Crippen molar-refractivity contribution < 1.29 is 75.7 Å². The summed E-state index contributed by atoms with van der Waals surface area (Å²) in [5, 5.41) is 26.5. The molecule has 0 aliphatic carbocycles. The molecule has 1 aliphatic heterocycles. The summed E-state index contributed by atoms with van der Waals surface area (Å²) >= 11 is 1.59. The van der Waals surface area contributed by atoms with Gasteiger partial charge in [-0.15, -0.1) is 11.8 Å².